The summed E-state index contributed by atoms with van der Waals surface area (Å²) in [5.41, 5.74) is 5.97. The van der Waals surface area contributed by atoms with Crippen LogP contribution in [-0.4, -0.2) is 37.6 Å². The molecule has 0 saturated heterocycles. The van der Waals surface area contributed by atoms with Crippen molar-refractivity contribution in [3.8, 4) is 11.5 Å². The van der Waals surface area contributed by atoms with Gasteiger partial charge in [-0.15, -0.1) is 0 Å². The van der Waals surface area contributed by atoms with Crippen molar-refractivity contribution in [2.75, 3.05) is 20.8 Å². The van der Waals surface area contributed by atoms with E-state index in [1.807, 2.05) is 30.3 Å². The van der Waals surface area contributed by atoms with Gasteiger partial charge >= 0.3 is 0 Å². The van der Waals surface area contributed by atoms with Crippen LogP contribution in [0.3, 0.4) is 0 Å². The molecule has 5 nitrogen and oxygen atoms in total. The molecular weight excluding hydrogens is 424 g/mol. The number of ether oxygens (including phenoxy) is 2. The quantitative estimate of drug-likeness (QED) is 0.524. The lowest BCUT2D eigenvalue weighted by molar-refractivity contribution is -0.121. The van der Waals surface area contributed by atoms with Gasteiger partial charge in [-0.05, 0) is 54.7 Å². The highest BCUT2D eigenvalue weighted by molar-refractivity contribution is 5.79. The van der Waals surface area contributed by atoms with Crippen molar-refractivity contribution in [2.24, 2.45) is 0 Å². The zero-order valence-electron chi connectivity index (χ0n) is 20.5. The average molecular weight is 459 g/mol. The molecule has 0 radical (unpaired) electrons. The Morgan fingerprint density at radius 2 is 1.71 bits per heavy atom. The summed E-state index contributed by atoms with van der Waals surface area (Å²) in [4.78, 5) is 15.4. The number of hydrogen-bond donors (Lipinski definition) is 1. The van der Waals surface area contributed by atoms with Gasteiger partial charge in [-0.25, -0.2) is 0 Å². The highest BCUT2D eigenvalue weighted by Crippen LogP contribution is 2.40. The zero-order valence-corrected chi connectivity index (χ0v) is 20.5. The van der Waals surface area contributed by atoms with Gasteiger partial charge in [-0.3, -0.25) is 9.69 Å². The van der Waals surface area contributed by atoms with Crippen molar-refractivity contribution in [3.63, 3.8) is 0 Å². The summed E-state index contributed by atoms with van der Waals surface area (Å²) in [6.45, 7) is 5.94. The number of nitrogens with zero attached hydrogens (tertiary/aromatic N) is 1. The Bertz CT molecular complexity index is 1130. The van der Waals surface area contributed by atoms with Gasteiger partial charge in [-0.2, -0.15) is 0 Å². The largest absolute Gasteiger partial charge is 0.493 e. The highest BCUT2D eigenvalue weighted by atomic mass is 16.5. The maximum Gasteiger partial charge on any atom is 0.224 e. The van der Waals surface area contributed by atoms with Gasteiger partial charge < -0.3 is 14.8 Å². The number of aryl methyl sites for hydroxylation is 1. The number of hydrogen-bond acceptors (Lipinski definition) is 4. The molecule has 3 aromatic carbocycles. The third-order valence-corrected chi connectivity index (χ3v) is 6.56. The van der Waals surface area contributed by atoms with Gasteiger partial charge in [0.25, 0.3) is 0 Å². The van der Waals surface area contributed by atoms with Gasteiger partial charge in [0.05, 0.1) is 26.7 Å². The standard InChI is InChI=1S/C29H34N2O3/c1-20-9-8-12-23(15-20)19-31-14-13-24-17-26(33-3)27(34-4)18-25(24)29(31)21(2)30-28(32)16-22-10-6-5-7-11-22/h5-12,15,17-18,21,29H,13-14,16,19H2,1-4H3,(H,30,32). The fourth-order valence-corrected chi connectivity index (χ4v) is 5.00. The van der Waals surface area contributed by atoms with E-state index in [-0.39, 0.29) is 18.0 Å². The van der Waals surface area contributed by atoms with E-state index in [1.165, 1.54) is 22.3 Å². The topological polar surface area (TPSA) is 50.8 Å². The molecule has 0 fully saturated rings. The number of rotatable bonds is 8. The molecule has 1 aliphatic heterocycles. The van der Waals surface area contributed by atoms with Crippen LogP contribution in [0.1, 0.15) is 40.8 Å². The second kappa shape index (κ2) is 10.7. The Hall–Kier alpha value is -3.31. The van der Waals surface area contributed by atoms with E-state index < -0.39 is 0 Å². The third-order valence-electron chi connectivity index (χ3n) is 6.56. The first-order valence-corrected chi connectivity index (χ1v) is 11.9. The maximum absolute atomic E-state index is 12.9. The number of carbonyl (C=O) groups excluding carboxylic acids is 1. The molecule has 5 heteroatoms. The smallest absolute Gasteiger partial charge is 0.224 e. The molecule has 0 spiro atoms. The van der Waals surface area contributed by atoms with Crippen LogP contribution in [0.15, 0.2) is 66.7 Å². The lowest BCUT2D eigenvalue weighted by Crippen LogP contribution is -2.47. The molecule has 4 rings (SSSR count). The summed E-state index contributed by atoms with van der Waals surface area (Å²) < 4.78 is 11.2. The zero-order chi connectivity index (χ0) is 24.1. The molecule has 0 saturated carbocycles. The van der Waals surface area contributed by atoms with Crippen molar-refractivity contribution in [2.45, 2.75) is 45.3 Å². The number of methoxy groups -OCH3 is 2. The first-order chi connectivity index (χ1) is 16.5. The minimum Gasteiger partial charge on any atom is -0.493 e. The number of amides is 1. The Morgan fingerprint density at radius 3 is 2.41 bits per heavy atom. The number of nitrogens with one attached hydrogen (secondary N) is 1. The van der Waals surface area contributed by atoms with Crippen LogP contribution in [0.5, 0.6) is 11.5 Å². The molecule has 1 heterocycles. The molecule has 0 bridgehead atoms. The van der Waals surface area contributed by atoms with Gasteiger partial charge in [-0.1, -0.05) is 60.2 Å². The lowest BCUT2D eigenvalue weighted by atomic mass is 9.87. The predicted molar refractivity (Wildman–Crippen MR) is 135 cm³/mol. The van der Waals surface area contributed by atoms with Crippen molar-refractivity contribution < 1.29 is 14.3 Å². The van der Waals surface area contributed by atoms with Gasteiger partial charge in [0.15, 0.2) is 11.5 Å². The predicted octanol–water partition coefficient (Wildman–Crippen LogP) is 4.86. The molecule has 0 aromatic heterocycles. The van der Waals surface area contributed by atoms with Crippen LogP contribution in [0.2, 0.25) is 0 Å². The Morgan fingerprint density at radius 1 is 1.00 bits per heavy atom. The Balaban J connectivity index is 1.63. The summed E-state index contributed by atoms with van der Waals surface area (Å²) in [7, 11) is 3.33. The normalized spacial score (nSPS) is 16.4. The maximum atomic E-state index is 12.9. The fourth-order valence-electron chi connectivity index (χ4n) is 5.00. The first kappa shape index (κ1) is 23.8. The second-order valence-corrected chi connectivity index (χ2v) is 9.08. The Labute approximate surface area is 202 Å². The molecule has 2 atom stereocenters. The monoisotopic (exact) mass is 458 g/mol. The highest BCUT2D eigenvalue weighted by Gasteiger charge is 2.33. The molecule has 2 unspecified atom stereocenters. The summed E-state index contributed by atoms with van der Waals surface area (Å²) >= 11 is 0. The number of carbonyl (C=O) groups is 1. The molecule has 34 heavy (non-hydrogen) atoms. The van der Waals surface area contributed by atoms with Crippen molar-refractivity contribution in [1.82, 2.24) is 10.2 Å². The van der Waals surface area contributed by atoms with Gasteiger partial charge in [0.1, 0.15) is 0 Å². The Kier molecular flexibility index (Phi) is 7.53. The van der Waals surface area contributed by atoms with E-state index >= 15 is 0 Å². The fraction of sp³-hybridized carbons (Fsp3) is 0.345. The summed E-state index contributed by atoms with van der Waals surface area (Å²) in [6, 6.07) is 22.6. The van der Waals surface area contributed by atoms with E-state index in [9.17, 15) is 4.79 Å². The summed E-state index contributed by atoms with van der Waals surface area (Å²) in [5, 5.41) is 3.28. The molecule has 1 aliphatic rings. The van der Waals surface area contributed by atoms with Crippen LogP contribution in [0.25, 0.3) is 0 Å². The third kappa shape index (κ3) is 5.42. The van der Waals surface area contributed by atoms with Crippen LogP contribution in [0.4, 0.5) is 0 Å². The minimum atomic E-state index is -0.0850. The van der Waals surface area contributed by atoms with Crippen molar-refractivity contribution in [3.05, 3.63) is 94.5 Å². The summed E-state index contributed by atoms with van der Waals surface area (Å²) in [6.07, 6.45) is 1.29. The molecule has 1 amide bonds. The summed E-state index contributed by atoms with van der Waals surface area (Å²) in [5.74, 6) is 1.49. The molecule has 3 aromatic rings. The molecular formula is C29H34N2O3. The number of benzene rings is 3. The number of fused-ring (bicyclic) bond motifs is 1. The van der Waals surface area contributed by atoms with Crippen LogP contribution >= 0.6 is 0 Å². The van der Waals surface area contributed by atoms with Gasteiger partial charge in [0, 0.05) is 19.1 Å². The second-order valence-electron chi connectivity index (χ2n) is 9.08. The first-order valence-electron chi connectivity index (χ1n) is 11.9. The molecule has 1 N–H and O–H groups in total. The van der Waals surface area contributed by atoms with E-state index in [2.05, 4.69) is 60.5 Å². The van der Waals surface area contributed by atoms with Crippen LogP contribution in [0, 0.1) is 6.92 Å². The van der Waals surface area contributed by atoms with Gasteiger partial charge in [0.2, 0.25) is 5.91 Å². The SMILES string of the molecule is COc1cc2c(cc1OC)C(C(C)NC(=O)Cc1ccccc1)N(Cc1cccc(C)c1)CC2. The van der Waals surface area contributed by atoms with E-state index in [1.54, 1.807) is 14.2 Å². The van der Waals surface area contributed by atoms with E-state index in [0.29, 0.717) is 12.2 Å². The molecule has 0 aliphatic carbocycles. The van der Waals surface area contributed by atoms with Crippen molar-refractivity contribution >= 4 is 5.91 Å². The van der Waals surface area contributed by atoms with E-state index in [0.717, 1.165) is 30.8 Å². The minimum absolute atomic E-state index is 0.0174. The lowest BCUT2D eigenvalue weighted by Gasteiger charge is -2.41. The molecule has 178 valence electrons. The van der Waals surface area contributed by atoms with Crippen LogP contribution in [-0.2, 0) is 24.2 Å². The average Bonchev–Trinajstić information content (AvgIpc) is 2.83. The van der Waals surface area contributed by atoms with Crippen LogP contribution < -0.4 is 14.8 Å². The van der Waals surface area contributed by atoms with Crippen molar-refractivity contribution in [1.29, 1.82) is 0 Å². The van der Waals surface area contributed by atoms with E-state index in [4.69, 9.17) is 9.47 Å².